The van der Waals surface area contributed by atoms with Crippen LogP contribution in [0.2, 0.25) is 16.6 Å². The van der Waals surface area contributed by atoms with Crippen molar-refractivity contribution in [1.29, 1.82) is 0 Å². The fraction of sp³-hybridized carbons (Fsp3) is 0.846. The van der Waals surface area contributed by atoms with E-state index in [0.717, 1.165) is 24.0 Å². The van der Waals surface area contributed by atoms with E-state index in [2.05, 4.69) is 68.5 Å². The van der Waals surface area contributed by atoms with Crippen molar-refractivity contribution < 1.29 is 19.0 Å². The molecule has 31 heavy (non-hydrogen) atoms. The lowest BCUT2D eigenvalue weighted by Crippen LogP contribution is -2.65. The second kappa shape index (κ2) is 9.42. The summed E-state index contributed by atoms with van der Waals surface area (Å²) in [5, 5.41) is 12.2. The topological polar surface area (TPSA) is 47.9 Å². The SMILES string of the molecule is C=C(C)[C@@H]1[C@@H](O[Si](C(C)C)(C(C)C)C(C)C)C[C@@]2(C)C(=C)CC[C@@]2(O)[C@H]1C(OC)OC. The lowest BCUT2D eigenvalue weighted by Gasteiger charge is -2.59. The van der Waals surface area contributed by atoms with E-state index in [-0.39, 0.29) is 17.9 Å². The molecule has 2 aliphatic carbocycles. The molecule has 0 saturated heterocycles. The van der Waals surface area contributed by atoms with Gasteiger partial charge in [-0.3, -0.25) is 0 Å². The summed E-state index contributed by atoms with van der Waals surface area (Å²) in [6.45, 7) is 26.9. The second-order valence-corrected chi connectivity index (χ2v) is 16.7. The summed E-state index contributed by atoms with van der Waals surface area (Å²) in [6.07, 6.45) is 1.68. The fourth-order valence-electron chi connectivity index (χ4n) is 7.31. The molecule has 0 aromatic carbocycles. The highest BCUT2D eigenvalue weighted by molar-refractivity contribution is 6.77. The molecule has 0 bridgehead atoms. The molecule has 180 valence electrons. The maximum absolute atomic E-state index is 12.2. The van der Waals surface area contributed by atoms with Gasteiger partial charge in [-0.2, -0.15) is 0 Å². The molecule has 0 aliphatic heterocycles. The van der Waals surface area contributed by atoms with Gasteiger partial charge in [0.15, 0.2) is 6.29 Å². The van der Waals surface area contributed by atoms with Crippen molar-refractivity contribution in [3.05, 3.63) is 24.3 Å². The van der Waals surface area contributed by atoms with Crippen LogP contribution in [0.5, 0.6) is 0 Å². The van der Waals surface area contributed by atoms with Crippen LogP contribution >= 0.6 is 0 Å². The van der Waals surface area contributed by atoms with E-state index in [1.807, 2.05) is 0 Å². The second-order valence-electron chi connectivity index (χ2n) is 11.3. The van der Waals surface area contributed by atoms with Crippen molar-refractivity contribution in [1.82, 2.24) is 0 Å². The van der Waals surface area contributed by atoms with Gasteiger partial charge in [0, 0.05) is 31.5 Å². The van der Waals surface area contributed by atoms with E-state index in [4.69, 9.17) is 13.9 Å². The summed E-state index contributed by atoms with van der Waals surface area (Å²) < 4.78 is 19.0. The number of methoxy groups -OCH3 is 2. The average Bonchev–Trinajstić information content (AvgIpc) is 2.89. The molecule has 2 rings (SSSR count). The Kier molecular flexibility index (Phi) is 8.14. The monoisotopic (exact) mass is 452 g/mol. The third-order valence-electron chi connectivity index (χ3n) is 8.88. The van der Waals surface area contributed by atoms with Crippen LogP contribution in [0.4, 0.5) is 0 Å². The molecule has 0 radical (unpaired) electrons. The molecule has 0 aromatic rings. The van der Waals surface area contributed by atoms with Crippen molar-refractivity contribution in [3.8, 4) is 0 Å². The average molecular weight is 453 g/mol. The first kappa shape index (κ1) is 26.8. The van der Waals surface area contributed by atoms with Crippen molar-refractivity contribution in [2.45, 2.75) is 109 Å². The van der Waals surface area contributed by atoms with E-state index in [0.29, 0.717) is 23.0 Å². The maximum atomic E-state index is 12.2. The van der Waals surface area contributed by atoms with Gasteiger partial charge in [-0.05, 0) is 42.8 Å². The Morgan fingerprint density at radius 1 is 1.06 bits per heavy atom. The van der Waals surface area contributed by atoms with E-state index in [9.17, 15) is 5.11 Å². The third kappa shape index (κ3) is 4.03. The van der Waals surface area contributed by atoms with Crippen LogP contribution < -0.4 is 0 Å². The van der Waals surface area contributed by atoms with Gasteiger partial charge in [-0.1, -0.05) is 72.8 Å². The zero-order valence-electron chi connectivity index (χ0n) is 21.7. The molecule has 5 atom stereocenters. The minimum absolute atomic E-state index is 0.0444. The Morgan fingerprint density at radius 3 is 1.94 bits per heavy atom. The summed E-state index contributed by atoms with van der Waals surface area (Å²) >= 11 is 0. The zero-order chi connectivity index (χ0) is 23.9. The molecule has 2 fully saturated rings. The highest BCUT2D eigenvalue weighted by atomic mass is 28.4. The van der Waals surface area contributed by atoms with Gasteiger partial charge < -0.3 is 19.0 Å². The lowest BCUT2D eigenvalue weighted by atomic mass is 9.54. The van der Waals surface area contributed by atoms with Gasteiger partial charge in [0.1, 0.15) is 0 Å². The number of hydrogen-bond donors (Lipinski definition) is 1. The molecule has 0 unspecified atom stereocenters. The van der Waals surface area contributed by atoms with Gasteiger partial charge in [0.2, 0.25) is 8.32 Å². The summed E-state index contributed by atoms with van der Waals surface area (Å²) in [5.74, 6) is -0.307. The summed E-state index contributed by atoms with van der Waals surface area (Å²) in [5.41, 5.74) is 2.21. The largest absolute Gasteiger partial charge is 0.412 e. The van der Waals surface area contributed by atoms with Gasteiger partial charge in [-0.15, -0.1) is 0 Å². The quantitative estimate of drug-likeness (QED) is 0.247. The zero-order valence-corrected chi connectivity index (χ0v) is 22.7. The van der Waals surface area contributed by atoms with Crippen molar-refractivity contribution >= 4 is 8.32 Å². The predicted octanol–water partition coefficient (Wildman–Crippen LogP) is 6.47. The first-order valence-electron chi connectivity index (χ1n) is 12.0. The Morgan fingerprint density at radius 2 is 1.55 bits per heavy atom. The van der Waals surface area contributed by atoms with Crippen LogP contribution in [0, 0.1) is 17.3 Å². The van der Waals surface area contributed by atoms with E-state index < -0.39 is 25.6 Å². The molecular formula is C26H48O4Si. The van der Waals surface area contributed by atoms with Crippen LogP contribution in [0.1, 0.15) is 74.7 Å². The molecular weight excluding hydrogens is 404 g/mol. The molecule has 0 aromatic heterocycles. The fourth-order valence-corrected chi connectivity index (χ4v) is 12.9. The number of rotatable bonds is 9. The lowest BCUT2D eigenvalue weighted by molar-refractivity contribution is -0.249. The Bertz CT molecular complexity index is 647. The molecule has 4 nitrogen and oxygen atoms in total. The Balaban J connectivity index is 2.69. The van der Waals surface area contributed by atoms with Gasteiger partial charge in [-0.25, -0.2) is 0 Å². The first-order chi connectivity index (χ1) is 14.2. The van der Waals surface area contributed by atoms with Crippen LogP contribution in [0.15, 0.2) is 24.3 Å². The smallest absolute Gasteiger partial charge is 0.200 e. The van der Waals surface area contributed by atoms with Crippen molar-refractivity contribution in [2.24, 2.45) is 17.3 Å². The van der Waals surface area contributed by atoms with Gasteiger partial charge in [0.05, 0.1) is 11.7 Å². The third-order valence-corrected chi connectivity index (χ3v) is 15.0. The summed E-state index contributed by atoms with van der Waals surface area (Å²) in [4.78, 5) is 0. The van der Waals surface area contributed by atoms with Gasteiger partial charge in [0.25, 0.3) is 0 Å². The van der Waals surface area contributed by atoms with Crippen LogP contribution in [-0.2, 0) is 13.9 Å². The number of hydrogen-bond acceptors (Lipinski definition) is 4. The highest BCUT2D eigenvalue weighted by Gasteiger charge is 2.67. The number of fused-ring (bicyclic) bond motifs is 1. The predicted molar refractivity (Wildman–Crippen MR) is 132 cm³/mol. The minimum atomic E-state index is -2.14. The molecule has 0 heterocycles. The molecule has 2 saturated carbocycles. The van der Waals surface area contributed by atoms with Crippen molar-refractivity contribution in [3.63, 3.8) is 0 Å². The maximum Gasteiger partial charge on any atom is 0.200 e. The first-order valence-corrected chi connectivity index (χ1v) is 14.2. The minimum Gasteiger partial charge on any atom is -0.412 e. The van der Waals surface area contributed by atoms with Crippen LogP contribution in [-0.4, -0.2) is 45.6 Å². The molecule has 0 amide bonds. The molecule has 5 heteroatoms. The molecule has 1 N–H and O–H groups in total. The van der Waals surface area contributed by atoms with E-state index in [1.165, 1.54) is 0 Å². The standard InChI is InChI=1S/C26H48O4Si/c1-16(2)22-21(30-31(17(3)4,18(5)6)19(7)8)15-25(10)20(9)13-14-26(25,27)23(22)24(28-11)29-12/h17-19,21-24,27H,1,9,13-15H2,2-8,10-12H3/t21-,22+,23+,25-,26+/m0/s1. The molecule has 2 aliphatic rings. The van der Waals surface area contributed by atoms with Crippen molar-refractivity contribution in [2.75, 3.05) is 14.2 Å². The Labute approximate surface area is 192 Å². The Hall–Kier alpha value is -0.463. The number of ether oxygens (including phenoxy) is 2. The highest BCUT2D eigenvalue weighted by Crippen LogP contribution is 2.64. The number of aliphatic hydroxyl groups is 1. The van der Waals surface area contributed by atoms with E-state index in [1.54, 1.807) is 14.2 Å². The summed E-state index contributed by atoms with van der Waals surface area (Å²) in [7, 11) is 1.18. The summed E-state index contributed by atoms with van der Waals surface area (Å²) in [6, 6.07) is 0. The van der Waals surface area contributed by atoms with Crippen LogP contribution in [0.3, 0.4) is 0 Å². The van der Waals surface area contributed by atoms with E-state index >= 15 is 0 Å². The van der Waals surface area contributed by atoms with Crippen LogP contribution in [0.25, 0.3) is 0 Å². The molecule has 0 spiro atoms. The van der Waals surface area contributed by atoms with Gasteiger partial charge >= 0.3 is 0 Å². The normalized spacial score (nSPS) is 34.3.